The van der Waals surface area contributed by atoms with Crippen LogP contribution in [0.25, 0.3) is 21.3 Å². The molecular weight excluding hydrogens is 476 g/mol. The van der Waals surface area contributed by atoms with Gasteiger partial charge in [0.15, 0.2) is 0 Å². The predicted molar refractivity (Wildman–Crippen MR) is 141 cm³/mol. The molecule has 0 saturated carbocycles. The lowest BCUT2D eigenvalue weighted by molar-refractivity contribution is 0.0506. The van der Waals surface area contributed by atoms with Crippen molar-refractivity contribution in [3.05, 3.63) is 71.1 Å². The van der Waals surface area contributed by atoms with E-state index in [1.165, 1.54) is 0 Å². The smallest absolute Gasteiger partial charge is 0.319 e. The number of aliphatic hydroxyl groups is 2. The number of anilines is 1. The second-order valence-electron chi connectivity index (χ2n) is 8.78. The van der Waals surface area contributed by atoms with Crippen LogP contribution in [0.5, 0.6) is 6.01 Å². The number of benzene rings is 2. The molecule has 2 aromatic heterocycles. The van der Waals surface area contributed by atoms with Crippen molar-refractivity contribution in [3.8, 4) is 17.1 Å². The van der Waals surface area contributed by atoms with Gasteiger partial charge in [-0.25, -0.2) is 0 Å². The summed E-state index contributed by atoms with van der Waals surface area (Å²) in [5.74, 6) is 0.785. The van der Waals surface area contributed by atoms with Gasteiger partial charge in [-0.1, -0.05) is 42.5 Å². The van der Waals surface area contributed by atoms with E-state index >= 15 is 0 Å². The maximum atomic E-state index is 13.2. The Morgan fingerprint density at radius 2 is 1.72 bits per heavy atom. The summed E-state index contributed by atoms with van der Waals surface area (Å²) in [5.41, 5.74) is 2.89. The molecule has 1 fully saturated rings. The first-order chi connectivity index (χ1) is 17.5. The van der Waals surface area contributed by atoms with E-state index in [2.05, 4.69) is 33.1 Å². The highest BCUT2D eigenvalue weighted by Crippen LogP contribution is 2.33. The zero-order chi connectivity index (χ0) is 25.1. The van der Waals surface area contributed by atoms with Crippen LogP contribution in [0, 0.1) is 6.92 Å². The molecule has 3 heterocycles. The average Bonchev–Trinajstić information content (AvgIpc) is 3.31. The minimum atomic E-state index is -0.992. The second-order valence-corrected chi connectivity index (χ2v) is 10.0. The van der Waals surface area contributed by atoms with E-state index in [-0.39, 0.29) is 18.5 Å². The molecule has 0 spiro atoms. The summed E-state index contributed by atoms with van der Waals surface area (Å²) in [5, 5.41) is 19.6. The van der Waals surface area contributed by atoms with Crippen LogP contribution in [-0.4, -0.2) is 76.5 Å². The number of ether oxygens (including phenoxy) is 1. The van der Waals surface area contributed by atoms with Gasteiger partial charge in [-0.3, -0.25) is 4.79 Å². The molecule has 0 bridgehead atoms. The van der Waals surface area contributed by atoms with Crippen LogP contribution in [0.2, 0.25) is 0 Å². The molecule has 2 N–H and O–H groups in total. The number of nitrogens with zero attached hydrogens (tertiary/aromatic N) is 4. The van der Waals surface area contributed by atoms with Gasteiger partial charge in [-0.2, -0.15) is 9.97 Å². The van der Waals surface area contributed by atoms with E-state index in [0.717, 1.165) is 32.0 Å². The van der Waals surface area contributed by atoms with Gasteiger partial charge in [0.05, 0.1) is 12.0 Å². The SMILES string of the molecule is Cc1cc2c(N3CCN(C(=O)c4ccc(-c5ccccc5)cc4)CC3)nc(OC[C@H](O)CO)nc2s1. The summed E-state index contributed by atoms with van der Waals surface area (Å²) in [7, 11) is 0. The van der Waals surface area contributed by atoms with Gasteiger partial charge >= 0.3 is 6.01 Å². The number of aromatic nitrogens is 2. The molecule has 0 radical (unpaired) electrons. The fourth-order valence-corrected chi connectivity index (χ4v) is 5.14. The highest BCUT2D eigenvalue weighted by molar-refractivity contribution is 7.18. The molecule has 186 valence electrons. The molecule has 1 saturated heterocycles. The van der Waals surface area contributed by atoms with E-state index in [1.807, 2.05) is 54.3 Å². The van der Waals surface area contributed by atoms with Gasteiger partial charge in [0.25, 0.3) is 5.91 Å². The Labute approximate surface area is 213 Å². The van der Waals surface area contributed by atoms with Gasteiger partial charge in [-0.15, -0.1) is 11.3 Å². The molecule has 5 rings (SSSR count). The fourth-order valence-electron chi connectivity index (χ4n) is 4.28. The first-order valence-electron chi connectivity index (χ1n) is 11.9. The Morgan fingerprint density at radius 1 is 1.03 bits per heavy atom. The zero-order valence-electron chi connectivity index (χ0n) is 20.0. The Balaban J connectivity index is 1.28. The molecule has 8 nitrogen and oxygen atoms in total. The summed E-state index contributed by atoms with van der Waals surface area (Å²) in [6.45, 7) is 3.96. The summed E-state index contributed by atoms with van der Waals surface area (Å²) in [6, 6.07) is 20.1. The standard InChI is InChI=1S/C27H28N4O4S/c1-18-15-23-24(28-27(29-25(23)36-18)35-17-22(33)16-32)30-11-13-31(14-12-30)26(34)21-9-7-20(8-10-21)19-5-3-2-4-6-19/h2-10,15,22,32-33H,11-14,16-17H2,1H3/t22-/m1/s1. The molecular formula is C27H28N4O4S. The number of carbonyl (C=O) groups excluding carboxylic acids is 1. The van der Waals surface area contributed by atoms with E-state index in [4.69, 9.17) is 9.84 Å². The lowest BCUT2D eigenvalue weighted by Gasteiger charge is -2.35. The molecule has 36 heavy (non-hydrogen) atoms. The molecule has 9 heteroatoms. The zero-order valence-corrected chi connectivity index (χ0v) is 20.8. The maximum absolute atomic E-state index is 13.2. The van der Waals surface area contributed by atoms with Gasteiger partial charge in [0, 0.05) is 36.6 Å². The number of hydrogen-bond acceptors (Lipinski definition) is 8. The Hall–Kier alpha value is -3.53. The molecule has 4 aromatic rings. The van der Waals surface area contributed by atoms with Crippen molar-refractivity contribution in [2.45, 2.75) is 13.0 Å². The molecule has 2 aromatic carbocycles. The van der Waals surface area contributed by atoms with Crippen LogP contribution in [0.3, 0.4) is 0 Å². The van der Waals surface area contributed by atoms with E-state index < -0.39 is 12.7 Å². The van der Waals surface area contributed by atoms with Gasteiger partial charge in [0.1, 0.15) is 23.4 Å². The minimum Gasteiger partial charge on any atom is -0.461 e. The molecule has 1 aliphatic heterocycles. The highest BCUT2D eigenvalue weighted by atomic mass is 32.1. The van der Waals surface area contributed by atoms with Crippen LogP contribution in [0.15, 0.2) is 60.7 Å². The number of amides is 1. The topological polar surface area (TPSA) is 99.0 Å². The third-order valence-electron chi connectivity index (χ3n) is 6.20. The van der Waals surface area contributed by atoms with E-state index in [0.29, 0.717) is 31.7 Å². The molecule has 0 aliphatic carbocycles. The predicted octanol–water partition coefficient (Wildman–Crippen LogP) is 3.36. The van der Waals surface area contributed by atoms with Crippen molar-refractivity contribution < 1.29 is 19.7 Å². The Bertz CT molecular complexity index is 1340. The number of fused-ring (bicyclic) bond motifs is 1. The third-order valence-corrected chi connectivity index (χ3v) is 7.14. The summed E-state index contributed by atoms with van der Waals surface area (Å²) in [4.78, 5) is 28.2. The lowest BCUT2D eigenvalue weighted by atomic mass is 10.0. The summed E-state index contributed by atoms with van der Waals surface area (Å²) in [6.07, 6.45) is -0.992. The second kappa shape index (κ2) is 10.6. The van der Waals surface area contributed by atoms with Crippen LogP contribution < -0.4 is 9.64 Å². The van der Waals surface area contributed by atoms with Gasteiger partial charge in [0.2, 0.25) is 0 Å². The molecule has 1 atom stereocenters. The quantitative estimate of drug-likeness (QED) is 0.398. The summed E-state index contributed by atoms with van der Waals surface area (Å²) >= 11 is 1.55. The number of rotatable bonds is 7. The molecule has 0 unspecified atom stereocenters. The highest BCUT2D eigenvalue weighted by Gasteiger charge is 2.25. The van der Waals surface area contributed by atoms with Crippen LogP contribution >= 0.6 is 11.3 Å². The number of carbonyl (C=O) groups is 1. The van der Waals surface area contributed by atoms with Crippen LogP contribution in [-0.2, 0) is 0 Å². The number of thiophene rings is 1. The molecule has 1 amide bonds. The maximum Gasteiger partial charge on any atom is 0.319 e. The van der Waals surface area contributed by atoms with Crippen LogP contribution in [0.4, 0.5) is 5.82 Å². The van der Waals surface area contributed by atoms with Crippen molar-refractivity contribution in [2.75, 3.05) is 44.3 Å². The number of hydrogen-bond donors (Lipinski definition) is 2. The number of piperazine rings is 1. The normalized spacial score (nSPS) is 14.8. The van der Waals surface area contributed by atoms with E-state index in [9.17, 15) is 9.90 Å². The summed E-state index contributed by atoms with van der Waals surface area (Å²) < 4.78 is 5.55. The van der Waals surface area contributed by atoms with Crippen molar-refractivity contribution >= 4 is 33.3 Å². The Kier molecular flexibility index (Phi) is 7.13. The van der Waals surface area contributed by atoms with Crippen molar-refractivity contribution in [1.82, 2.24) is 14.9 Å². The first-order valence-corrected chi connectivity index (χ1v) is 12.7. The van der Waals surface area contributed by atoms with Crippen molar-refractivity contribution in [1.29, 1.82) is 0 Å². The van der Waals surface area contributed by atoms with Crippen molar-refractivity contribution in [3.63, 3.8) is 0 Å². The van der Waals surface area contributed by atoms with Crippen molar-refractivity contribution in [2.24, 2.45) is 0 Å². The largest absolute Gasteiger partial charge is 0.461 e. The fraction of sp³-hybridized carbons (Fsp3) is 0.296. The monoisotopic (exact) mass is 504 g/mol. The third kappa shape index (κ3) is 5.18. The molecule has 1 aliphatic rings. The Morgan fingerprint density at radius 3 is 2.42 bits per heavy atom. The van der Waals surface area contributed by atoms with Gasteiger partial charge in [-0.05, 0) is 36.2 Å². The lowest BCUT2D eigenvalue weighted by Crippen LogP contribution is -2.49. The average molecular weight is 505 g/mol. The van der Waals surface area contributed by atoms with Gasteiger partial charge < -0.3 is 24.7 Å². The number of aliphatic hydroxyl groups excluding tert-OH is 2. The first kappa shape index (κ1) is 24.2. The van der Waals surface area contributed by atoms with E-state index in [1.54, 1.807) is 11.3 Å². The minimum absolute atomic E-state index is 0.0236. The number of aryl methyl sites for hydroxylation is 1. The van der Waals surface area contributed by atoms with Crippen LogP contribution in [0.1, 0.15) is 15.2 Å².